The van der Waals surface area contributed by atoms with E-state index in [1.165, 1.54) is 0 Å². The molecule has 0 aliphatic heterocycles. The fourth-order valence-corrected chi connectivity index (χ4v) is 3.50. The number of nitrogens with zero attached hydrogens (tertiary/aromatic N) is 1. The first-order chi connectivity index (χ1) is 14.2. The number of hydrogen-bond donors (Lipinski definition) is 1. The summed E-state index contributed by atoms with van der Waals surface area (Å²) in [6.07, 6.45) is 0. The van der Waals surface area contributed by atoms with Gasteiger partial charge in [0.15, 0.2) is 6.61 Å². The summed E-state index contributed by atoms with van der Waals surface area (Å²) in [7, 11) is 0. The highest BCUT2D eigenvalue weighted by Gasteiger charge is 2.26. The minimum absolute atomic E-state index is 0.125. The van der Waals surface area contributed by atoms with E-state index in [0.29, 0.717) is 24.8 Å². The smallest absolute Gasteiger partial charge is 0.261 e. The van der Waals surface area contributed by atoms with Crippen LogP contribution in [0, 0.1) is 19.8 Å². The molecule has 0 aromatic heterocycles. The standard InChI is InChI=1S/C24H31BrN2O3/c1-16(2)13-26-24(29)19(5)27(14-20-7-6-8-21(25)12-20)23(28)15-30-22-10-9-17(3)11-18(22)4/h6-12,16,19H,13-15H2,1-5H3,(H,26,29). The lowest BCUT2D eigenvalue weighted by molar-refractivity contribution is -0.142. The van der Waals surface area contributed by atoms with E-state index in [9.17, 15) is 9.59 Å². The SMILES string of the molecule is Cc1ccc(OCC(=O)N(Cc2cccc(Br)c2)C(C)C(=O)NCC(C)C)c(C)c1. The third-order valence-corrected chi connectivity index (χ3v) is 5.27. The fraction of sp³-hybridized carbons (Fsp3) is 0.417. The van der Waals surface area contributed by atoms with Crippen molar-refractivity contribution >= 4 is 27.7 Å². The molecule has 1 N–H and O–H groups in total. The van der Waals surface area contributed by atoms with E-state index >= 15 is 0 Å². The van der Waals surface area contributed by atoms with Gasteiger partial charge < -0.3 is 15.0 Å². The lowest BCUT2D eigenvalue weighted by Gasteiger charge is -2.29. The second-order valence-electron chi connectivity index (χ2n) is 8.02. The molecule has 1 atom stereocenters. The Labute approximate surface area is 187 Å². The molecule has 0 saturated heterocycles. The van der Waals surface area contributed by atoms with Crippen molar-refractivity contribution in [2.45, 2.75) is 47.2 Å². The van der Waals surface area contributed by atoms with Crippen LogP contribution in [0.5, 0.6) is 5.75 Å². The van der Waals surface area contributed by atoms with Crippen LogP contribution in [0.1, 0.15) is 37.5 Å². The zero-order valence-corrected chi connectivity index (χ0v) is 20.0. The van der Waals surface area contributed by atoms with Gasteiger partial charge in [-0.15, -0.1) is 0 Å². The number of carbonyl (C=O) groups excluding carboxylic acids is 2. The summed E-state index contributed by atoms with van der Waals surface area (Å²) in [5, 5.41) is 2.92. The van der Waals surface area contributed by atoms with Crippen LogP contribution in [0.15, 0.2) is 46.9 Å². The first kappa shape index (κ1) is 23.9. The van der Waals surface area contributed by atoms with Crippen molar-refractivity contribution in [3.8, 4) is 5.75 Å². The van der Waals surface area contributed by atoms with E-state index in [1.54, 1.807) is 11.8 Å². The lowest BCUT2D eigenvalue weighted by atomic mass is 10.1. The average Bonchev–Trinajstić information content (AvgIpc) is 2.68. The molecular weight excluding hydrogens is 444 g/mol. The predicted molar refractivity (Wildman–Crippen MR) is 123 cm³/mol. The number of benzene rings is 2. The van der Waals surface area contributed by atoms with Crippen LogP contribution in [0.25, 0.3) is 0 Å². The molecule has 0 radical (unpaired) electrons. The van der Waals surface area contributed by atoms with Crippen LogP contribution in [-0.4, -0.2) is 35.9 Å². The first-order valence-corrected chi connectivity index (χ1v) is 11.0. The van der Waals surface area contributed by atoms with Gasteiger partial charge in [-0.3, -0.25) is 9.59 Å². The van der Waals surface area contributed by atoms with Crippen molar-refractivity contribution in [2.75, 3.05) is 13.2 Å². The van der Waals surface area contributed by atoms with Crippen molar-refractivity contribution in [1.82, 2.24) is 10.2 Å². The van der Waals surface area contributed by atoms with Gasteiger partial charge in [-0.05, 0) is 56.0 Å². The third kappa shape index (κ3) is 7.17. The van der Waals surface area contributed by atoms with E-state index in [2.05, 4.69) is 21.2 Å². The molecule has 5 nitrogen and oxygen atoms in total. The Morgan fingerprint density at radius 3 is 2.47 bits per heavy atom. The Bertz CT molecular complexity index is 883. The van der Waals surface area contributed by atoms with E-state index in [1.807, 2.05) is 70.2 Å². The highest BCUT2D eigenvalue weighted by molar-refractivity contribution is 9.10. The molecule has 2 aromatic carbocycles. The number of rotatable bonds is 9. The quantitative estimate of drug-likeness (QED) is 0.575. The second kappa shape index (κ2) is 11.2. The molecule has 1 unspecified atom stereocenters. The topological polar surface area (TPSA) is 58.6 Å². The lowest BCUT2D eigenvalue weighted by Crippen LogP contribution is -2.49. The summed E-state index contributed by atoms with van der Waals surface area (Å²) in [6, 6.07) is 13.0. The molecule has 2 amide bonds. The van der Waals surface area contributed by atoms with Gasteiger partial charge in [-0.25, -0.2) is 0 Å². The average molecular weight is 475 g/mol. The molecule has 30 heavy (non-hydrogen) atoms. The number of halogens is 1. The molecule has 0 heterocycles. The number of amides is 2. The maximum absolute atomic E-state index is 13.1. The monoisotopic (exact) mass is 474 g/mol. The summed E-state index contributed by atoms with van der Waals surface area (Å²) in [4.78, 5) is 27.3. The van der Waals surface area contributed by atoms with Gasteiger partial charge >= 0.3 is 0 Å². The summed E-state index contributed by atoms with van der Waals surface area (Å²) in [5.41, 5.74) is 3.05. The van der Waals surface area contributed by atoms with Gasteiger partial charge in [0.25, 0.3) is 5.91 Å². The summed E-state index contributed by atoms with van der Waals surface area (Å²) in [5.74, 6) is 0.609. The van der Waals surface area contributed by atoms with E-state index in [0.717, 1.165) is 21.2 Å². The van der Waals surface area contributed by atoms with Crippen molar-refractivity contribution in [3.63, 3.8) is 0 Å². The molecule has 2 aromatic rings. The Hall–Kier alpha value is -2.34. The number of hydrogen-bond acceptors (Lipinski definition) is 3. The van der Waals surface area contributed by atoms with Crippen LogP contribution < -0.4 is 10.1 Å². The van der Waals surface area contributed by atoms with Gasteiger partial charge in [-0.2, -0.15) is 0 Å². The summed E-state index contributed by atoms with van der Waals surface area (Å²) in [6.45, 7) is 10.6. The number of ether oxygens (including phenoxy) is 1. The third-order valence-electron chi connectivity index (χ3n) is 4.78. The van der Waals surface area contributed by atoms with Crippen LogP contribution in [0.3, 0.4) is 0 Å². The Morgan fingerprint density at radius 2 is 1.83 bits per heavy atom. The molecule has 0 fully saturated rings. The van der Waals surface area contributed by atoms with Gasteiger partial charge in [0.05, 0.1) is 0 Å². The largest absolute Gasteiger partial charge is 0.483 e. The van der Waals surface area contributed by atoms with E-state index in [4.69, 9.17) is 4.74 Å². The van der Waals surface area contributed by atoms with E-state index in [-0.39, 0.29) is 18.4 Å². The summed E-state index contributed by atoms with van der Waals surface area (Å²) >= 11 is 3.46. The molecule has 162 valence electrons. The van der Waals surface area contributed by atoms with Gasteiger partial charge in [0, 0.05) is 17.6 Å². The highest BCUT2D eigenvalue weighted by Crippen LogP contribution is 2.20. The molecular formula is C24H31BrN2O3. The van der Waals surface area contributed by atoms with Crippen LogP contribution >= 0.6 is 15.9 Å². The maximum Gasteiger partial charge on any atom is 0.261 e. The first-order valence-electron chi connectivity index (χ1n) is 10.2. The minimum atomic E-state index is -0.613. The Kier molecular flexibility index (Phi) is 8.90. The molecule has 2 rings (SSSR count). The van der Waals surface area contributed by atoms with Crippen LogP contribution in [0.4, 0.5) is 0 Å². The van der Waals surface area contributed by atoms with Crippen molar-refractivity contribution < 1.29 is 14.3 Å². The highest BCUT2D eigenvalue weighted by atomic mass is 79.9. The number of carbonyl (C=O) groups is 2. The normalized spacial score (nSPS) is 11.8. The van der Waals surface area contributed by atoms with Gasteiger partial charge in [0.2, 0.25) is 5.91 Å². The van der Waals surface area contributed by atoms with Crippen LogP contribution in [0.2, 0.25) is 0 Å². The van der Waals surface area contributed by atoms with Crippen molar-refractivity contribution in [2.24, 2.45) is 5.92 Å². The zero-order chi connectivity index (χ0) is 22.3. The molecule has 0 aliphatic carbocycles. The molecule has 6 heteroatoms. The van der Waals surface area contributed by atoms with Gasteiger partial charge in [0.1, 0.15) is 11.8 Å². The van der Waals surface area contributed by atoms with Crippen molar-refractivity contribution in [3.05, 3.63) is 63.6 Å². The molecule has 0 saturated carbocycles. The molecule has 0 aliphatic rings. The summed E-state index contributed by atoms with van der Waals surface area (Å²) < 4.78 is 6.72. The van der Waals surface area contributed by atoms with Gasteiger partial charge in [-0.1, -0.05) is 59.6 Å². The van der Waals surface area contributed by atoms with Crippen LogP contribution in [-0.2, 0) is 16.1 Å². The fourth-order valence-electron chi connectivity index (χ4n) is 3.05. The number of nitrogens with one attached hydrogen (secondary N) is 1. The minimum Gasteiger partial charge on any atom is -0.483 e. The molecule has 0 bridgehead atoms. The Balaban J connectivity index is 2.15. The Morgan fingerprint density at radius 1 is 1.10 bits per heavy atom. The number of aryl methyl sites for hydroxylation is 2. The second-order valence-corrected chi connectivity index (χ2v) is 8.94. The predicted octanol–water partition coefficient (Wildman–Crippen LogP) is 4.63. The molecule has 0 spiro atoms. The van der Waals surface area contributed by atoms with Crippen molar-refractivity contribution in [1.29, 1.82) is 0 Å². The zero-order valence-electron chi connectivity index (χ0n) is 18.4. The maximum atomic E-state index is 13.1. The van der Waals surface area contributed by atoms with E-state index < -0.39 is 6.04 Å².